The topological polar surface area (TPSA) is 97.7 Å². The number of benzene rings is 2. The maximum atomic E-state index is 14.9. The van der Waals surface area contributed by atoms with Crippen molar-refractivity contribution in [3.8, 4) is 5.75 Å². The zero-order chi connectivity index (χ0) is 21.3. The van der Waals surface area contributed by atoms with Gasteiger partial charge in [-0.3, -0.25) is 9.89 Å². The maximum Gasteiger partial charge on any atom is 0.270 e. The van der Waals surface area contributed by atoms with Crippen molar-refractivity contribution >= 4 is 28.4 Å². The summed E-state index contributed by atoms with van der Waals surface area (Å²) in [5, 5.41) is 18.2. The number of amides is 1. The van der Waals surface area contributed by atoms with Crippen LogP contribution in [0.15, 0.2) is 36.4 Å². The van der Waals surface area contributed by atoms with Gasteiger partial charge >= 0.3 is 0 Å². The lowest BCUT2D eigenvalue weighted by Gasteiger charge is -2.08. The Morgan fingerprint density at radius 1 is 1.27 bits per heavy atom. The minimum Gasteiger partial charge on any atom is -0.484 e. The molecule has 154 valence electrons. The molecular formula is C20H18ClFN6O2. The summed E-state index contributed by atoms with van der Waals surface area (Å²) < 4.78 is 22.0. The standard InChI is InChI=1S/C20H18ClFN6O2/c1-11-15(28(2)27-24-11)10-30-16-8-7-14-18(17(16)22)25-26-19(14)20(29)23-9-12-3-5-13(21)6-4-12/h3-8H,9-10H2,1-2H3,(H,23,29)(H,25,26). The van der Waals surface area contributed by atoms with Gasteiger partial charge in [0.25, 0.3) is 5.91 Å². The molecule has 0 saturated carbocycles. The van der Waals surface area contributed by atoms with Crippen LogP contribution in [0.1, 0.15) is 27.4 Å². The molecular weight excluding hydrogens is 411 g/mol. The van der Waals surface area contributed by atoms with E-state index >= 15 is 0 Å². The summed E-state index contributed by atoms with van der Waals surface area (Å²) in [6.45, 7) is 2.21. The summed E-state index contributed by atoms with van der Waals surface area (Å²) in [7, 11) is 1.74. The van der Waals surface area contributed by atoms with Gasteiger partial charge < -0.3 is 10.1 Å². The van der Waals surface area contributed by atoms with E-state index in [0.717, 1.165) is 11.3 Å². The van der Waals surface area contributed by atoms with Crippen molar-refractivity contribution < 1.29 is 13.9 Å². The van der Waals surface area contributed by atoms with E-state index in [1.165, 1.54) is 6.07 Å². The molecule has 2 aromatic heterocycles. The first-order chi connectivity index (χ1) is 14.4. The van der Waals surface area contributed by atoms with Crippen LogP contribution in [0.5, 0.6) is 5.75 Å². The van der Waals surface area contributed by atoms with Gasteiger partial charge in [0.15, 0.2) is 11.6 Å². The number of aryl methyl sites for hydroxylation is 2. The van der Waals surface area contributed by atoms with Gasteiger partial charge in [0.05, 0.1) is 11.4 Å². The highest BCUT2D eigenvalue weighted by molar-refractivity contribution is 6.30. The number of H-pyrrole nitrogens is 1. The van der Waals surface area contributed by atoms with Crippen LogP contribution in [0, 0.1) is 12.7 Å². The van der Waals surface area contributed by atoms with Crippen LogP contribution in [0.4, 0.5) is 4.39 Å². The van der Waals surface area contributed by atoms with E-state index in [9.17, 15) is 9.18 Å². The van der Waals surface area contributed by atoms with Crippen LogP contribution >= 0.6 is 11.6 Å². The van der Waals surface area contributed by atoms with Gasteiger partial charge in [-0.05, 0) is 36.8 Å². The van der Waals surface area contributed by atoms with Crippen LogP contribution in [0.25, 0.3) is 10.9 Å². The third-order valence-electron chi connectivity index (χ3n) is 4.72. The molecule has 2 heterocycles. The molecule has 10 heteroatoms. The highest BCUT2D eigenvalue weighted by Crippen LogP contribution is 2.27. The fourth-order valence-corrected chi connectivity index (χ4v) is 3.14. The van der Waals surface area contributed by atoms with Gasteiger partial charge in [-0.25, -0.2) is 9.07 Å². The molecule has 0 fully saturated rings. The Kier molecular flexibility index (Phi) is 5.37. The lowest BCUT2D eigenvalue weighted by Crippen LogP contribution is -2.23. The fourth-order valence-electron chi connectivity index (χ4n) is 3.01. The second-order valence-electron chi connectivity index (χ2n) is 6.72. The number of ether oxygens (including phenoxy) is 1. The van der Waals surface area contributed by atoms with E-state index in [1.807, 2.05) is 12.1 Å². The number of hydrogen-bond donors (Lipinski definition) is 2. The first kappa shape index (κ1) is 19.8. The number of carbonyl (C=O) groups excluding carboxylic acids is 1. The molecule has 0 spiro atoms. The van der Waals surface area contributed by atoms with Gasteiger partial charge in [-0.15, -0.1) is 5.10 Å². The number of fused-ring (bicyclic) bond motifs is 1. The Labute approximate surface area is 176 Å². The Hall–Kier alpha value is -3.46. The SMILES string of the molecule is Cc1nnn(C)c1COc1ccc2c(C(=O)NCc3ccc(Cl)cc3)[nH]nc2c1F. The normalized spacial score (nSPS) is 11.1. The molecule has 0 unspecified atom stereocenters. The number of nitrogens with zero attached hydrogens (tertiary/aromatic N) is 4. The molecule has 0 aliphatic heterocycles. The molecule has 4 aromatic rings. The van der Waals surface area contributed by atoms with Crippen molar-refractivity contribution in [2.45, 2.75) is 20.1 Å². The number of halogens is 2. The average molecular weight is 429 g/mol. The molecule has 0 saturated heterocycles. The van der Waals surface area contributed by atoms with Crippen molar-refractivity contribution in [3.63, 3.8) is 0 Å². The van der Waals surface area contributed by atoms with E-state index in [2.05, 4.69) is 25.8 Å². The van der Waals surface area contributed by atoms with Crippen molar-refractivity contribution in [1.29, 1.82) is 0 Å². The second kappa shape index (κ2) is 8.11. The van der Waals surface area contributed by atoms with Crippen molar-refractivity contribution in [2.24, 2.45) is 7.05 Å². The summed E-state index contributed by atoms with van der Waals surface area (Å²) in [6.07, 6.45) is 0. The Balaban J connectivity index is 1.50. The molecule has 0 atom stereocenters. The highest BCUT2D eigenvalue weighted by atomic mass is 35.5. The van der Waals surface area contributed by atoms with Crippen LogP contribution in [-0.2, 0) is 20.2 Å². The fraction of sp³-hybridized carbons (Fsp3) is 0.200. The van der Waals surface area contributed by atoms with Crippen LogP contribution in [0.2, 0.25) is 5.02 Å². The predicted molar refractivity (Wildman–Crippen MR) is 109 cm³/mol. The summed E-state index contributed by atoms with van der Waals surface area (Å²) in [4.78, 5) is 12.5. The van der Waals surface area contributed by atoms with E-state index in [4.69, 9.17) is 16.3 Å². The minimum absolute atomic E-state index is 0.0303. The molecule has 0 aliphatic rings. The number of carbonyl (C=O) groups is 1. The zero-order valence-electron chi connectivity index (χ0n) is 16.2. The summed E-state index contributed by atoms with van der Waals surface area (Å²) in [6, 6.07) is 10.2. The van der Waals surface area contributed by atoms with E-state index < -0.39 is 11.7 Å². The average Bonchev–Trinajstić information content (AvgIpc) is 3.31. The zero-order valence-corrected chi connectivity index (χ0v) is 17.0. The molecule has 2 aromatic carbocycles. The Morgan fingerprint density at radius 2 is 2.03 bits per heavy atom. The van der Waals surface area contributed by atoms with Gasteiger partial charge in [0, 0.05) is 24.0 Å². The summed E-state index contributed by atoms with van der Waals surface area (Å²) in [5.41, 5.74) is 2.54. The molecule has 8 nitrogen and oxygen atoms in total. The number of rotatable bonds is 6. The monoisotopic (exact) mass is 428 g/mol. The summed E-state index contributed by atoms with van der Waals surface area (Å²) in [5.74, 6) is -1.01. The smallest absolute Gasteiger partial charge is 0.270 e. The van der Waals surface area contributed by atoms with E-state index in [0.29, 0.717) is 22.6 Å². The molecule has 0 aliphatic carbocycles. The van der Waals surface area contributed by atoms with Crippen molar-refractivity contribution in [2.75, 3.05) is 0 Å². The lowest BCUT2D eigenvalue weighted by atomic mass is 10.1. The van der Waals surface area contributed by atoms with Crippen molar-refractivity contribution in [1.82, 2.24) is 30.5 Å². The highest BCUT2D eigenvalue weighted by Gasteiger charge is 2.19. The second-order valence-corrected chi connectivity index (χ2v) is 7.15. The Bertz CT molecular complexity index is 1200. The van der Waals surface area contributed by atoms with Gasteiger partial charge in [0.2, 0.25) is 0 Å². The van der Waals surface area contributed by atoms with Gasteiger partial charge in [-0.2, -0.15) is 5.10 Å². The van der Waals surface area contributed by atoms with Gasteiger partial charge in [0.1, 0.15) is 17.8 Å². The molecule has 0 radical (unpaired) electrons. The van der Waals surface area contributed by atoms with E-state index in [-0.39, 0.29) is 23.6 Å². The third-order valence-corrected chi connectivity index (χ3v) is 4.98. The molecule has 2 N–H and O–H groups in total. The number of nitrogens with one attached hydrogen (secondary N) is 2. The first-order valence-electron chi connectivity index (χ1n) is 9.11. The van der Waals surface area contributed by atoms with Crippen LogP contribution in [-0.4, -0.2) is 31.1 Å². The van der Waals surface area contributed by atoms with Gasteiger partial charge in [-0.1, -0.05) is 28.9 Å². The lowest BCUT2D eigenvalue weighted by molar-refractivity contribution is 0.0947. The summed E-state index contributed by atoms with van der Waals surface area (Å²) >= 11 is 5.86. The Morgan fingerprint density at radius 3 is 2.73 bits per heavy atom. The largest absolute Gasteiger partial charge is 0.484 e. The van der Waals surface area contributed by atoms with Crippen molar-refractivity contribution in [3.05, 3.63) is 69.9 Å². The first-order valence-corrected chi connectivity index (χ1v) is 9.49. The molecule has 4 rings (SSSR count). The maximum absolute atomic E-state index is 14.9. The molecule has 1 amide bonds. The third kappa shape index (κ3) is 3.84. The van der Waals surface area contributed by atoms with E-state index in [1.54, 1.807) is 36.9 Å². The molecule has 0 bridgehead atoms. The van der Waals surface area contributed by atoms with Crippen LogP contribution < -0.4 is 10.1 Å². The number of hydrogen-bond acceptors (Lipinski definition) is 5. The number of aromatic nitrogens is 5. The van der Waals surface area contributed by atoms with Crippen LogP contribution in [0.3, 0.4) is 0 Å². The minimum atomic E-state index is -0.645. The predicted octanol–water partition coefficient (Wildman–Crippen LogP) is 3.30. The molecule has 30 heavy (non-hydrogen) atoms. The number of aromatic amines is 1. The quantitative estimate of drug-likeness (QED) is 0.491.